The Kier molecular flexibility index (Phi) is 31.0. The average Bonchev–Trinajstić information content (AvgIpc) is 3.11. The van der Waals surface area contributed by atoms with Crippen molar-refractivity contribution in [3.8, 4) is 28.5 Å². The van der Waals surface area contributed by atoms with E-state index in [2.05, 4.69) is 29.9 Å². The number of halogens is 2. The molecule has 56 heavy (non-hydrogen) atoms. The van der Waals surface area contributed by atoms with Crippen LogP contribution >= 0.6 is 0 Å². The number of nitrogens with zero attached hydrogens (tertiary/aromatic N) is 7. The summed E-state index contributed by atoms with van der Waals surface area (Å²) in [4.78, 5) is 25.8. The standard InChI is InChI=1S/C13H19N3O3.2C10H8N2.2ClHO4.Cu.Ni.H2O/c1-16(2)9-5-8-14-12(18)13(19)15-10-6-3-4-7-11(10)17;2*1-3-7-11-9(5-1)10-6-2-4-8-12-10;2*2-1(3,4)5;;;/h3-4,6-7,17H,5,8-9H2,1-2H3,(H,14,18)(H,15,19);2*1-8H;2*(H,2,3,4,5);;;1H2/q;;;;;+2;+3;/p-5. The van der Waals surface area contributed by atoms with Crippen molar-refractivity contribution < 1.29 is 112 Å². The van der Waals surface area contributed by atoms with Crippen LogP contribution in [0.1, 0.15) is 6.42 Å². The molecule has 4 heterocycles. The fourth-order valence-electron chi connectivity index (χ4n) is 3.40. The van der Waals surface area contributed by atoms with Crippen LogP contribution in [-0.4, -0.2) is 69.3 Å². The topological polar surface area (TPSA) is 365 Å². The molecule has 0 atom stereocenters. The minimum atomic E-state index is -4.94. The fourth-order valence-corrected chi connectivity index (χ4v) is 3.40. The quantitative estimate of drug-likeness (QED) is 0.0633. The van der Waals surface area contributed by atoms with E-state index in [9.17, 15) is 15.3 Å². The van der Waals surface area contributed by atoms with Crippen molar-refractivity contribution in [3.05, 3.63) is 122 Å². The smallest absolute Gasteiger partial charge is 0.871 e. The van der Waals surface area contributed by atoms with Crippen LogP contribution in [0.4, 0.5) is 5.69 Å². The van der Waals surface area contributed by atoms with E-state index in [4.69, 9.17) is 37.3 Å². The molecule has 19 nitrogen and oxygen atoms in total. The number of hydrogen-bond donors (Lipinski definition) is 0. The Morgan fingerprint density at radius 3 is 1.18 bits per heavy atom. The Morgan fingerprint density at radius 1 is 0.571 bits per heavy atom. The molecule has 308 valence electrons. The third-order valence-electron chi connectivity index (χ3n) is 5.47. The summed E-state index contributed by atoms with van der Waals surface area (Å²) in [6, 6.07) is 29.0. The first kappa shape index (κ1) is 56.1. The van der Waals surface area contributed by atoms with Crippen molar-refractivity contribution in [2.45, 2.75) is 6.42 Å². The molecule has 0 bridgehead atoms. The zero-order valence-electron chi connectivity index (χ0n) is 29.2. The van der Waals surface area contributed by atoms with Crippen LogP contribution in [0.5, 0.6) is 5.75 Å². The molecule has 1 aromatic carbocycles. The maximum absolute atomic E-state index is 11.4. The largest absolute Gasteiger partial charge is 3.00 e. The molecule has 0 amide bonds. The Balaban J connectivity index is -0.000000668. The van der Waals surface area contributed by atoms with Gasteiger partial charge >= 0.3 is 33.6 Å². The molecule has 5 rings (SSSR count). The summed E-state index contributed by atoms with van der Waals surface area (Å²) >= 11 is 0. The zero-order valence-corrected chi connectivity index (χ0v) is 32.6. The molecule has 0 unspecified atom stereocenters. The molecule has 0 saturated heterocycles. The van der Waals surface area contributed by atoms with Gasteiger partial charge in [-0.15, -0.1) is 20.5 Å². The minimum Gasteiger partial charge on any atom is -0.871 e. The predicted octanol–water partition coefficient (Wildman–Crippen LogP) is -7.19. The first-order chi connectivity index (χ1) is 24.9. The van der Waals surface area contributed by atoms with Crippen LogP contribution in [0.2, 0.25) is 0 Å². The Bertz CT molecular complexity index is 1590. The second-order valence-electron chi connectivity index (χ2n) is 9.84. The van der Waals surface area contributed by atoms with Gasteiger partial charge in [0.2, 0.25) is 0 Å². The molecule has 23 heteroatoms. The van der Waals surface area contributed by atoms with Gasteiger partial charge in [-0.3, -0.25) is 24.9 Å². The van der Waals surface area contributed by atoms with Crippen LogP contribution in [0, 0.1) is 20.5 Å². The van der Waals surface area contributed by atoms with Crippen LogP contribution < -0.4 is 52.6 Å². The van der Waals surface area contributed by atoms with E-state index < -0.39 is 38.0 Å². The summed E-state index contributed by atoms with van der Waals surface area (Å²) in [5, 5.41) is 34.1. The van der Waals surface area contributed by atoms with Crippen molar-refractivity contribution in [3.63, 3.8) is 0 Å². The van der Waals surface area contributed by atoms with E-state index in [0.717, 1.165) is 29.3 Å². The molecule has 2 N–H and O–H groups in total. The molecule has 0 spiro atoms. The molecule has 5 aromatic rings. The summed E-state index contributed by atoms with van der Waals surface area (Å²) in [7, 11) is -6.07. The summed E-state index contributed by atoms with van der Waals surface area (Å²) < 4.78 is 67.9. The second-order valence-corrected chi connectivity index (χ2v) is 11.4. The Labute approximate surface area is 346 Å². The van der Waals surface area contributed by atoms with Gasteiger partial charge in [0.15, 0.2) is 0 Å². The number of aliphatic imine (C=N–C) groups is 2. The van der Waals surface area contributed by atoms with E-state index in [0.29, 0.717) is 6.42 Å². The first-order valence-electron chi connectivity index (χ1n) is 14.7. The van der Waals surface area contributed by atoms with Crippen LogP contribution in [0.25, 0.3) is 22.8 Å². The number of benzene rings is 1. The number of pyridine rings is 4. The van der Waals surface area contributed by atoms with E-state index >= 15 is 0 Å². The third kappa shape index (κ3) is 31.0. The number of aromatic nitrogens is 4. The average molecular weight is 914 g/mol. The van der Waals surface area contributed by atoms with Crippen molar-refractivity contribution in [1.29, 1.82) is 0 Å². The predicted molar refractivity (Wildman–Crippen MR) is 167 cm³/mol. The summed E-state index contributed by atoms with van der Waals surface area (Å²) in [5.41, 5.74) is 3.62. The normalized spacial score (nSPS) is 10.7. The number of rotatable bonds is 7. The molecule has 0 aliphatic carbocycles. The maximum atomic E-state index is 11.4. The molecule has 0 aliphatic heterocycles. The van der Waals surface area contributed by atoms with Crippen LogP contribution in [-0.2, 0) is 33.6 Å². The van der Waals surface area contributed by atoms with E-state index in [-0.39, 0.29) is 51.3 Å². The van der Waals surface area contributed by atoms with Gasteiger partial charge in [-0.2, -0.15) is 0 Å². The first-order valence-corrected chi connectivity index (χ1v) is 17.2. The van der Waals surface area contributed by atoms with Gasteiger partial charge in [-0.1, -0.05) is 48.2 Å². The van der Waals surface area contributed by atoms with Crippen molar-refractivity contribution in [2.75, 3.05) is 27.2 Å². The molecular weight excluding hydrogens is 880 g/mol. The Morgan fingerprint density at radius 2 is 0.893 bits per heavy atom. The molecule has 4 aromatic heterocycles. The monoisotopic (exact) mass is 911 g/mol. The molecular formula is C33H34Cl2CuN7NiO12. The summed E-state index contributed by atoms with van der Waals surface area (Å²) in [6.07, 6.45) is 7.76. The van der Waals surface area contributed by atoms with Gasteiger partial charge in [0, 0.05) is 31.3 Å². The van der Waals surface area contributed by atoms with Crippen molar-refractivity contribution in [2.24, 2.45) is 9.98 Å². The van der Waals surface area contributed by atoms with E-state index in [1.165, 1.54) is 12.1 Å². The SMILES string of the molecule is CN(C)CCCN=C([O-])C([O-])=Nc1ccccc1[O-].O.[Cu+2].[Ni+3].[O-][Cl+3]([O-])([O-])[O-].[O-][Cl+3]([O-])([O-])[O-].c1ccc(-c2ccccn2)nc1.c1ccc(-c2ccccn2)nc1. The van der Waals surface area contributed by atoms with Gasteiger partial charge in [0.1, 0.15) is 0 Å². The van der Waals surface area contributed by atoms with Gasteiger partial charge in [-0.25, -0.2) is 37.3 Å². The summed E-state index contributed by atoms with van der Waals surface area (Å²) in [6.45, 7) is 1.06. The molecule has 2 radical (unpaired) electrons. The van der Waals surface area contributed by atoms with Crippen molar-refractivity contribution in [1.82, 2.24) is 24.8 Å². The molecule has 0 saturated carbocycles. The fraction of sp³-hybridized carbons (Fsp3) is 0.152. The third-order valence-corrected chi connectivity index (χ3v) is 5.47. The minimum absolute atomic E-state index is 0. The maximum Gasteiger partial charge on any atom is 3.00 e. The van der Waals surface area contributed by atoms with Gasteiger partial charge in [-0.05, 0) is 93.5 Å². The summed E-state index contributed by atoms with van der Waals surface area (Å²) in [5.74, 6) is -2.31. The Hall–Kier alpha value is -4.25. The molecule has 0 aliphatic rings. The zero-order chi connectivity index (χ0) is 39.7. The molecule has 0 fully saturated rings. The van der Waals surface area contributed by atoms with Crippen LogP contribution in [0.3, 0.4) is 0 Å². The van der Waals surface area contributed by atoms with Crippen molar-refractivity contribution >= 4 is 17.5 Å². The number of para-hydroxylation sites is 2. The second kappa shape index (κ2) is 30.9. The van der Waals surface area contributed by atoms with Gasteiger partial charge in [0.25, 0.3) is 0 Å². The van der Waals surface area contributed by atoms with Gasteiger partial charge in [0.05, 0.1) is 28.5 Å². The van der Waals surface area contributed by atoms with E-state index in [1.54, 1.807) is 36.9 Å². The van der Waals surface area contributed by atoms with Crippen LogP contribution in [0.15, 0.2) is 132 Å². The van der Waals surface area contributed by atoms with Gasteiger partial charge < -0.3 is 30.7 Å². The number of hydrogen-bond acceptors (Lipinski definition) is 18. The van der Waals surface area contributed by atoms with E-state index in [1.807, 2.05) is 91.8 Å².